The molecule has 0 aliphatic carbocycles. The fourth-order valence-electron chi connectivity index (χ4n) is 2.93. The number of rotatable bonds is 3. The van der Waals surface area contributed by atoms with E-state index in [-0.39, 0.29) is 0 Å². The van der Waals surface area contributed by atoms with E-state index in [9.17, 15) is 9.41 Å². The maximum absolute atomic E-state index is 13.5. The third-order valence-corrected chi connectivity index (χ3v) is 4.28. The third-order valence-electron chi connectivity index (χ3n) is 4.28. The van der Waals surface area contributed by atoms with Gasteiger partial charge in [0.2, 0.25) is 0 Å². The van der Waals surface area contributed by atoms with Gasteiger partial charge >= 0.3 is 6.92 Å². The molecule has 0 aliphatic rings. The molecule has 4 aromatic rings. The molecule has 2 aromatic carbocycles. The molecule has 0 spiro atoms. The van der Waals surface area contributed by atoms with Gasteiger partial charge in [-0.2, -0.15) is 15.3 Å². The Kier molecular flexibility index (Phi) is 3.89. The number of hydrogen-bond acceptors (Lipinski definition) is 5. The predicted octanol–water partition coefficient (Wildman–Crippen LogP) is 2.02. The minimum Gasteiger partial charge on any atom is -0.447 e. The van der Waals surface area contributed by atoms with Crippen LogP contribution >= 0.6 is 0 Å². The zero-order chi connectivity index (χ0) is 18.3. The highest BCUT2D eigenvalue weighted by atomic mass is 19.1. The highest BCUT2D eigenvalue weighted by Crippen LogP contribution is 2.29. The van der Waals surface area contributed by atoms with Gasteiger partial charge in [0.25, 0.3) is 0 Å². The van der Waals surface area contributed by atoms with Crippen molar-refractivity contribution in [3.63, 3.8) is 0 Å². The summed E-state index contributed by atoms with van der Waals surface area (Å²) in [4.78, 5) is 0. The SMILES string of the molecule is CB(O)c1ccc(-n2cc(F)cn2)c(-c2ccc3c(N)cnnc3c2)c1. The van der Waals surface area contributed by atoms with Gasteiger partial charge in [-0.3, -0.25) is 0 Å². The van der Waals surface area contributed by atoms with Gasteiger partial charge in [-0.15, -0.1) is 0 Å². The average molecular weight is 347 g/mol. The zero-order valence-electron chi connectivity index (χ0n) is 14.0. The lowest BCUT2D eigenvalue weighted by molar-refractivity contribution is 0.594. The molecule has 0 amide bonds. The Morgan fingerprint density at radius 1 is 1.15 bits per heavy atom. The first kappa shape index (κ1) is 16.2. The fourth-order valence-corrected chi connectivity index (χ4v) is 2.93. The summed E-state index contributed by atoms with van der Waals surface area (Å²) in [6, 6.07) is 11.1. The summed E-state index contributed by atoms with van der Waals surface area (Å²) in [6.07, 6.45) is 3.96. The van der Waals surface area contributed by atoms with E-state index in [0.717, 1.165) is 28.2 Å². The van der Waals surface area contributed by atoms with Crippen LogP contribution in [0.25, 0.3) is 27.7 Å². The summed E-state index contributed by atoms with van der Waals surface area (Å²) in [5.41, 5.74) is 10.2. The molecule has 0 saturated heterocycles. The molecule has 2 heterocycles. The standard InChI is InChI=1S/C18H15BFN5O/c1-19(26)12-3-5-18(25-10-13(20)8-23-25)15(7-12)11-2-4-14-16(21)9-22-24-17(14)6-11/h2-10,26H,1H3,(H2,21,24). The molecule has 0 bridgehead atoms. The Balaban J connectivity index is 1.95. The molecular weight excluding hydrogens is 332 g/mol. The van der Waals surface area contributed by atoms with E-state index in [1.807, 2.05) is 24.3 Å². The molecule has 3 N–H and O–H groups in total. The van der Waals surface area contributed by atoms with Crippen LogP contribution in [0.5, 0.6) is 0 Å². The predicted molar refractivity (Wildman–Crippen MR) is 99.9 cm³/mol. The number of nitrogens with two attached hydrogens (primary N) is 1. The second-order valence-corrected chi connectivity index (χ2v) is 6.09. The van der Waals surface area contributed by atoms with Crippen LogP contribution in [0.15, 0.2) is 55.0 Å². The summed E-state index contributed by atoms with van der Waals surface area (Å²) < 4.78 is 14.9. The minimum absolute atomic E-state index is 0.423. The van der Waals surface area contributed by atoms with E-state index < -0.39 is 12.7 Å². The van der Waals surface area contributed by atoms with Gasteiger partial charge in [0, 0.05) is 10.9 Å². The van der Waals surface area contributed by atoms with Crippen molar-refractivity contribution in [1.82, 2.24) is 20.0 Å². The number of hydrogen-bond donors (Lipinski definition) is 2. The second kappa shape index (κ2) is 6.23. The van der Waals surface area contributed by atoms with Gasteiger partial charge in [0.05, 0.1) is 35.5 Å². The molecule has 0 atom stereocenters. The van der Waals surface area contributed by atoms with Crippen LogP contribution in [0.2, 0.25) is 6.82 Å². The van der Waals surface area contributed by atoms with Crippen molar-refractivity contribution in [2.75, 3.05) is 5.73 Å². The van der Waals surface area contributed by atoms with Crippen LogP contribution in [0, 0.1) is 5.82 Å². The van der Waals surface area contributed by atoms with Crippen molar-refractivity contribution in [3.05, 3.63) is 60.8 Å². The normalized spacial score (nSPS) is 11.0. The molecule has 0 unspecified atom stereocenters. The number of halogens is 1. The van der Waals surface area contributed by atoms with Crippen LogP contribution in [-0.4, -0.2) is 31.9 Å². The lowest BCUT2D eigenvalue weighted by Crippen LogP contribution is -2.26. The van der Waals surface area contributed by atoms with Gasteiger partial charge in [-0.25, -0.2) is 9.07 Å². The number of nitrogens with zero attached hydrogens (tertiary/aromatic N) is 4. The molecule has 0 saturated carbocycles. The summed E-state index contributed by atoms with van der Waals surface area (Å²) >= 11 is 0. The number of fused-ring (bicyclic) bond motifs is 1. The first-order valence-electron chi connectivity index (χ1n) is 8.07. The van der Waals surface area contributed by atoms with E-state index in [0.29, 0.717) is 16.9 Å². The summed E-state index contributed by atoms with van der Waals surface area (Å²) in [7, 11) is 0. The number of benzene rings is 2. The summed E-state index contributed by atoms with van der Waals surface area (Å²) in [5, 5.41) is 22.8. The summed E-state index contributed by atoms with van der Waals surface area (Å²) in [5.74, 6) is -0.423. The van der Waals surface area contributed by atoms with Gasteiger partial charge in [0.15, 0.2) is 5.82 Å². The molecule has 0 aliphatic heterocycles. The summed E-state index contributed by atoms with van der Waals surface area (Å²) in [6.45, 7) is 1.06. The Morgan fingerprint density at radius 2 is 2.00 bits per heavy atom. The molecule has 128 valence electrons. The maximum Gasteiger partial charge on any atom is 0.320 e. The molecule has 4 rings (SSSR count). The number of aromatic nitrogens is 4. The van der Waals surface area contributed by atoms with Crippen LogP contribution in [0.1, 0.15) is 0 Å². The van der Waals surface area contributed by atoms with Crippen LogP contribution in [0.3, 0.4) is 0 Å². The van der Waals surface area contributed by atoms with E-state index >= 15 is 0 Å². The molecule has 26 heavy (non-hydrogen) atoms. The van der Waals surface area contributed by atoms with Gasteiger partial charge in [0.1, 0.15) is 0 Å². The molecule has 0 fully saturated rings. The van der Waals surface area contributed by atoms with Crippen molar-refractivity contribution in [2.45, 2.75) is 6.82 Å². The van der Waals surface area contributed by atoms with E-state index in [2.05, 4.69) is 15.3 Å². The lowest BCUT2D eigenvalue weighted by Gasteiger charge is -2.13. The van der Waals surface area contributed by atoms with Gasteiger partial charge < -0.3 is 10.8 Å². The van der Waals surface area contributed by atoms with Crippen molar-refractivity contribution in [1.29, 1.82) is 0 Å². The second-order valence-electron chi connectivity index (χ2n) is 6.09. The monoisotopic (exact) mass is 347 g/mol. The van der Waals surface area contributed by atoms with E-state index in [1.165, 1.54) is 17.1 Å². The number of nitrogen functional groups attached to an aromatic ring is 1. The Bertz CT molecular complexity index is 1110. The molecule has 0 radical (unpaired) electrons. The smallest absolute Gasteiger partial charge is 0.320 e. The van der Waals surface area contributed by atoms with Crippen LogP contribution < -0.4 is 11.2 Å². The fraction of sp³-hybridized carbons (Fsp3) is 0.0556. The average Bonchev–Trinajstić information content (AvgIpc) is 3.07. The first-order chi connectivity index (χ1) is 12.5. The van der Waals surface area contributed by atoms with Crippen molar-refractivity contribution in [3.8, 4) is 16.8 Å². The molecule has 6 nitrogen and oxygen atoms in total. The topological polar surface area (TPSA) is 89.8 Å². The largest absolute Gasteiger partial charge is 0.447 e. The lowest BCUT2D eigenvalue weighted by atomic mass is 9.64. The van der Waals surface area contributed by atoms with Crippen LogP contribution in [-0.2, 0) is 0 Å². The highest BCUT2D eigenvalue weighted by molar-refractivity contribution is 6.64. The zero-order valence-corrected chi connectivity index (χ0v) is 14.0. The Morgan fingerprint density at radius 3 is 2.73 bits per heavy atom. The van der Waals surface area contributed by atoms with Gasteiger partial charge in [-0.1, -0.05) is 25.0 Å². The van der Waals surface area contributed by atoms with Crippen molar-refractivity contribution < 1.29 is 9.41 Å². The van der Waals surface area contributed by atoms with Crippen molar-refractivity contribution in [2.24, 2.45) is 0 Å². The highest BCUT2D eigenvalue weighted by Gasteiger charge is 2.15. The first-order valence-corrected chi connectivity index (χ1v) is 8.07. The van der Waals surface area contributed by atoms with Crippen molar-refractivity contribution >= 4 is 29.0 Å². The maximum atomic E-state index is 13.5. The molecule has 2 aromatic heterocycles. The molecular formula is C18H15BFN5O. The Hall–Kier alpha value is -3.26. The number of anilines is 1. The Labute approximate surface area is 149 Å². The minimum atomic E-state index is -0.631. The van der Waals surface area contributed by atoms with E-state index in [1.54, 1.807) is 19.0 Å². The quantitative estimate of drug-likeness (QED) is 0.554. The van der Waals surface area contributed by atoms with Crippen LogP contribution in [0.4, 0.5) is 10.1 Å². The third kappa shape index (κ3) is 2.80. The van der Waals surface area contributed by atoms with Gasteiger partial charge in [-0.05, 0) is 29.2 Å². The molecule has 8 heteroatoms. The van der Waals surface area contributed by atoms with E-state index in [4.69, 9.17) is 5.73 Å².